The molecule has 90 valence electrons. The molecule has 0 aliphatic rings. The molecule has 0 spiro atoms. The standard InChI is InChI=1S/C7H15ClNO5P/c1-4-9(5-2)15(10,11)14-13-6-12-7(3)8/h3-6H2,1-2H3,(H,10,11). The first kappa shape index (κ1) is 14.9. The van der Waals surface area contributed by atoms with E-state index < -0.39 is 14.5 Å². The Kier molecular flexibility index (Phi) is 7.17. The van der Waals surface area contributed by atoms with Crippen LogP contribution in [0.3, 0.4) is 0 Å². The lowest BCUT2D eigenvalue weighted by atomic mass is 10.7. The summed E-state index contributed by atoms with van der Waals surface area (Å²) >= 11 is 5.25. The van der Waals surface area contributed by atoms with Crippen LogP contribution in [0.15, 0.2) is 11.8 Å². The lowest BCUT2D eigenvalue weighted by Crippen LogP contribution is -2.21. The minimum absolute atomic E-state index is 0.0887. The number of ether oxygens (including phenoxy) is 1. The van der Waals surface area contributed by atoms with Crippen LogP contribution in [0.5, 0.6) is 0 Å². The molecule has 1 unspecified atom stereocenters. The van der Waals surface area contributed by atoms with Crippen LogP contribution in [-0.4, -0.2) is 29.4 Å². The summed E-state index contributed by atoms with van der Waals surface area (Å²) in [6.45, 7) is 7.03. The van der Waals surface area contributed by atoms with Gasteiger partial charge in [-0.3, -0.25) is 0 Å². The fraction of sp³-hybridized carbons (Fsp3) is 0.714. The second-order valence-electron chi connectivity index (χ2n) is 2.44. The molecule has 0 aromatic rings. The number of rotatable bonds is 8. The maximum atomic E-state index is 11.4. The highest BCUT2D eigenvalue weighted by Gasteiger charge is 2.28. The second kappa shape index (κ2) is 7.22. The van der Waals surface area contributed by atoms with Gasteiger partial charge >= 0.3 is 7.75 Å². The molecule has 0 saturated heterocycles. The van der Waals surface area contributed by atoms with E-state index in [-0.39, 0.29) is 5.22 Å². The van der Waals surface area contributed by atoms with Crippen LogP contribution in [-0.2, 0) is 18.9 Å². The Labute approximate surface area is 93.9 Å². The highest BCUT2D eigenvalue weighted by atomic mass is 35.5. The van der Waals surface area contributed by atoms with Gasteiger partial charge in [-0.1, -0.05) is 13.8 Å². The van der Waals surface area contributed by atoms with Gasteiger partial charge in [0.2, 0.25) is 6.79 Å². The summed E-state index contributed by atoms with van der Waals surface area (Å²) in [5.74, 6) is 0. The van der Waals surface area contributed by atoms with Gasteiger partial charge in [-0.05, 0) is 18.2 Å². The molecule has 15 heavy (non-hydrogen) atoms. The Morgan fingerprint density at radius 2 is 2.07 bits per heavy atom. The van der Waals surface area contributed by atoms with Gasteiger partial charge in [0.25, 0.3) is 0 Å². The molecule has 0 aliphatic carbocycles. The average Bonchev–Trinajstić information content (AvgIpc) is 2.14. The van der Waals surface area contributed by atoms with Crippen LogP contribution in [0.25, 0.3) is 0 Å². The minimum Gasteiger partial charge on any atom is -0.454 e. The highest BCUT2D eigenvalue weighted by Crippen LogP contribution is 2.45. The van der Waals surface area contributed by atoms with Crippen LogP contribution >= 0.6 is 19.3 Å². The third-order valence-corrected chi connectivity index (χ3v) is 3.19. The van der Waals surface area contributed by atoms with Crippen LogP contribution in [0.2, 0.25) is 0 Å². The normalized spacial score (nSPS) is 15.0. The lowest BCUT2D eigenvalue weighted by Gasteiger charge is -2.22. The van der Waals surface area contributed by atoms with Crippen molar-refractivity contribution in [3.63, 3.8) is 0 Å². The van der Waals surface area contributed by atoms with Gasteiger partial charge in [0.15, 0.2) is 5.22 Å². The second-order valence-corrected chi connectivity index (χ2v) is 4.56. The van der Waals surface area contributed by atoms with E-state index >= 15 is 0 Å². The Morgan fingerprint density at radius 1 is 1.53 bits per heavy atom. The average molecular weight is 260 g/mol. The molecule has 6 nitrogen and oxygen atoms in total. The summed E-state index contributed by atoms with van der Waals surface area (Å²) in [7, 11) is -3.90. The molecule has 0 fully saturated rings. The van der Waals surface area contributed by atoms with Crippen molar-refractivity contribution in [1.29, 1.82) is 0 Å². The number of hydrogen-bond donors (Lipinski definition) is 1. The minimum atomic E-state index is -3.90. The van der Waals surface area contributed by atoms with E-state index in [0.29, 0.717) is 13.1 Å². The summed E-state index contributed by atoms with van der Waals surface area (Å²) in [4.78, 5) is 13.7. The topological polar surface area (TPSA) is 68.2 Å². The third-order valence-electron chi connectivity index (χ3n) is 1.50. The predicted molar refractivity (Wildman–Crippen MR) is 55.9 cm³/mol. The molecule has 8 heteroatoms. The molecule has 0 aliphatic heterocycles. The Hall–Kier alpha value is -0.100. The first-order valence-corrected chi connectivity index (χ1v) is 6.21. The molecule has 0 amide bonds. The van der Waals surface area contributed by atoms with Gasteiger partial charge in [-0.25, -0.2) is 9.24 Å². The van der Waals surface area contributed by atoms with Crippen molar-refractivity contribution < 1.29 is 23.8 Å². The first-order valence-electron chi connectivity index (χ1n) is 4.30. The van der Waals surface area contributed by atoms with Gasteiger partial charge < -0.3 is 9.63 Å². The maximum Gasteiger partial charge on any atom is 0.432 e. The van der Waals surface area contributed by atoms with Crippen molar-refractivity contribution in [2.45, 2.75) is 13.8 Å². The van der Waals surface area contributed by atoms with E-state index in [4.69, 9.17) is 11.6 Å². The molecule has 0 aromatic carbocycles. The number of hydrogen-bond acceptors (Lipinski definition) is 4. The molecule has 0 bridgehead atoms. The van der Waals surface area contributed by atoms with E-state index in [1.807, 2.05) is 0 Å². The molecule has 1 N–H and O–H groups in total. The molecule has 0 radical (unpaired) electrons. The van der Waals surface area contributed by atoms with Gasteiger partial charge in [0.05, 0.1) is 0 Å². The Bertz CT molecular complexity index is 246. The Morgan fingerprint density at radius 3 is 2.47 bits per heavy atom. The van der Waals surface area contributed by atoms with Crippen LogP contribution < -0.4 is 0 Å². The molecule has 0 saturated carbocycles. The van der Waals surface area contributed by atoms with Crippen molar-refractivity contribution in [2.75, 3.05) is 19.9 Å². The van der Waals surface area contributed by atoms with Crippen LogP contribution in [0, 0.1) is 0 Å². The van der Waals surface area contributed by atoms with Crippen molar-refractivity contribution in [3.8, 4) is 0 Å². The van der Waals surface area contributed by atoms with Crippen molar-refractivity contribution in [3.05, 3.63) is 11.8 Å². The molecular formula is C7H15ClNO5P. The summed E-state index contributed by atoms with van der Waals surface area (Å²) in [6.07, 6.45) is 0. The SMILES string of the molecule is C=C(Cl)OCOOP(=O)(O)N(CC)CC. The first-order chi connectivity index (χ1) is 6.94. The number of nitrogens with zero attached hydrogens (tertiary/aromatic N) is 1. The van der Waals surface area contributed by atoms with E-state index in [1.165, 1.54) is 4.67 Å². The van der Waals surface area contributed by atoms with E-state index in [2.05, 4.69) is 20.9 Å². The van der Waals surface area contributed by atoms with Gasteiger partial charge in [-0.15, -0.1) is 4.67 Å². The van der Waals surface area contributed by atoms with Crippen LogP contribution in [0.1, 0.15) is 13.8 Å². The summed E-state index contributed by atoms with van der Waals surface area (Å²) < 4.78 is 21.6. The van der Waals surface area contributed by atoms with Gasteiger partial charge in [0, 0.05) is 13.1 Å². The zero-order chi connectivity index (χ0) is 11.9. The highest BCUT2D eigenvalue weighted by molar-refractivity contribution is 7.50. The summed E-state index contributed by atoms with van der Waals surface area (Å²) in [5.41, 5.74) is 0. The molecule has 0 rings (SSSR count). The molecule has 0 heterocycles. The monoisotopic (exact) mass is 259 g/mol. The zero-order valence-corrected chi connectivity index (χ0v) is 10.3. The van der Waals surface area contributed by atoms with E-state index in [9.17, 15) is 9.46 Å². The van der Waals surface area contributed by atoms with Crippen molar-refractivity contribution >= 4 is 19.3 Å². The van der Waals surface area contributed by atoms with Gasteiger partial charge in [-0.2, -0.15) is 4.89 Å². The molecular weight excluding hydrogens is 245 g/mol. The molecule has 0 aromatic heterocycles. The smallest absolute Gasteiger partial charge is 0.432 e. The van der Waals surface area contributed by atoms with Gasteiger partial charge in [0.1, 0.15) is 0 Å². The summed E-state index contributed by atoms with van der Waals surface area (Å²) in [6, 6.07) is 0. The quantitative estimate of drug-likeness (QED) is 0.180. The lowest BCUT2D eigenvalue weighted by molar-refractivity contribution is -0.265. The molecule has 1 atom stereocenters. The summed E-state index contributed by atoms with van der Waals surface area (Å²) in [5, 5.41) is -0.0887. The fourth-order valence-corrected chi connectivity index (χ4v) is 1.84. The van der Waals surface area contributed by atoms with Crippen LogP contribution in [0.4, 0.5) is 0 Å². The zero-order valence-electron chi connectivity index (χ0n) is 8.68. The predicted octanol–water partition coefficient (Wildman–Crippen LogP) is 2.06. The maximum absolute atomic E-state index is 11.4. The van der Waals surface area contributed by atoms with Crippen molar-refractivity contribution in [1.82, 2.24) is 4.67 Å². The van der Waals surface area contributed by atoms with Crippen molar-refractivity contribution in [2.24, 2.45) is 0 Å². The van der Waals surface area contributed by atoms with E-state index in [1.54, 1.807) is 13.8 Å². The van der Waals surface area contributed by atoms with E-state index in [0.717, 1.165) is 0 Å². The largest absolute Gasteiger partial charge is 0.454 e. The Balaban J connectivity index is 3.92. The fourth-order valence-electron chi connectivity index (χ4n) is 0.806. The number of halogens is 1. The third kappa shape index (κ3) is 6.14.